The molecule has 1 saturated heterocycles. The van der Waals surface area contributed by atoms with Crippen molar-refractivity contribution >= 4 is 28.8 Å². The number of methoxy groups -OCH3 is 1. The van der Waals surface area contributed by atoms with Gasteiger partial charge in [0.15, 0.2) is 5.71 Å². The molecule has 7 nitrogen and oxygen atoms in total. The molecule has 4 heterocycles. The van der Waals surface area contributed by atoms with Gasteiger partial charge in [-0.15, -0.1) is 0 Å². The second-order valence-electron chi connectivity index (χ2n) is 10.6. The van der Waals surface area contributed by atoms with Gasteiger partial charge in [0.1, 0.15) is 5.82 Å². The van der Waals surface area contributed by atoms with E-state index in [0.29, 0.717) is 31.1 Å². The number of allylic oxidation sites excluding steroid dienone is 5. The molecule has 212 valence electrons. The molecule has 1 amide bonds. The lowest BCUT2D eigenvalue weighted by molar-refractivity contribution is -0.422. The monoisotopic (exact) mass is 554 g/mol. The van der Waals surface area contributed by atoms with Crippen LogP contribution in [0.25, 0.3) is 11.3 Å². The summed E-state index contributed by atoms with van der Waals surface area (Å²) >= 11 is 0. The van der Waals surface area contributed by atoms with Gasteiger partial charge in [0.05, 0.1) is 19.0 Å². The van der Waals surface area contributed by atoms with Crippen molar-refractivity contribution in [3.63, 3.8) is 0 Å². The summed E-state index contributed by atoms with van der Waals surface area (Å²) in [4.78, 5) is 26.8. The number of piperazine rings is 1. The van der Waals surface area contributed by atoms with Crippen molar-refractivity contribution in [1.29, 1.82) is 0 Å². The summed E-state index contributed by atoms with van der Waals surface area (Å²) in [5, 5.41) is 0. The van der Waals surface area contributed by atoms with Crippen LogP contribution in [-0.2, 0) is 9.53 Å². The fraction of sp³-hybridized carbons (Fsp3) is 0.333. The SMILES string of the molecule is COC1=NC=C(C)CCC(N2CCN(C(=O)C[N+]3=C(C)CC=C(c4ccc(F)cn4)C=C3c3ccccc3)CC2)=C1. The third-order valence-electron chi connectivity index (χ3n) is 7.77. The number of halogens is 1. The van der Waals surface area contributed by atoms with E-state index in [-0.39, 0.29) is 18.3 Å². The second kappa shape index (κ2) is 12.9. The molecule has 5 rings (SSSR count). The number of nitrogens with zero attached hydrogens (tertiary/aromatic N) is 5. The summed E-state index contributed by atoms with van der Waals surface area (Å²) in [7, 11) is 1.64. The molecule has 0 atom stereocenters. The van der Waals surface area contributed by atoms with Crippen LogP contribution < -0.4 is 0 Å². The zero-order valence-corrected chi connectivity index (χ0v) is 24.0. The predicted octanol–water partition coefficient (Wildman–Crippen LogP) is 5.29. The zero-order valence-electron chi connectivity index (χ0n) is 24.0. The average molecular weight is 555 g/mol. The van der Waals surface area contributed by atoms with Gasteiger partial charge in [-0.1, -0.05) is 29.8 Å². The predicted molar refractivity (Wildman–Crippen MR) is 161 cm³/mol. The first-order valence-electron chi connectivity index (χ1n) is 14.1. The number of hydrogen-bond acceptors (Lipinski definition) is 5. The molecule has 3 aliphatic rings. The minimum Gasteiger partial charge on any atom is -0.481 e. The topological polar surface area (TPSA) is 61.0 Å². The lowest BCUT2D eigenvalue weighted by Gasteiger charge is -2.37. The van der Waals surface area contributed by atoms with Crippen LogP contribution in [0, 0.1) is 5.82 Å². The first-order chi connectivity index (χ1) is 19.9. The van der Waals surface area contributed by atoms with Crippen LogP contribution in [-0.4, -0.2) is 76.7 Å². The van der Waals surface area contributed by atoms with E-state index in [0.717, 1.165) is 48.5 Å². The fourth-order valence-electron chi connectivity index (χ4n) is 5.31. The molecule has 0 unspecified atom stereocenters. The van der Waals surface area contributed by atoms with Crippen LogP contribution in [0.2, 0.25) is 0 Å². The highest BCUT2D eigenvalue weighted by Crippen LogP contribution is 2.27. The standard InChI is InChI=1S/C33H37FN5O2/c1-24-9-13-29(20-32(41-3)36-21-24)37-15-17-38(18-16-37)33(40)23-39-25(2)10-11-27(30-14-12-28(34)22-35-30)19-31(39)26-7-5-4-6-8-26/h4-8,11-12,14,19-22H,9-10,13,15-18,23H2,1-3H3/q+1. The minimum absolute atomic E-state index is 0.0961. The summed E-state index contributed by atoms with van der Waals surface area (Å²) in [5.74, 6) is 0.336. The number of pyridine rings is 1. The number of benzene rings is 1. The van der Waals surface area contributed by atoms with E-state index < -0.39 is 0 Å². The molecule has 41 heavy (non-hydrogen) atoms. The van der Waals surface area contributed by atoms with E-state index in [9.17, 15) is 9.18 Å². The van der Waals surface area contributed by atoms with Crippen molar-refractivity contribution in [2.75, 3.05) is 39.8 Å². The molecule has 0 radical (unpaired) electrons. The third kappa shape index (κ3) is 6.88. The second-order valence-corrected chi connectivity index (χ2v) is 10.6. The van der Waals surface area contributed by atoms with Crippen LogP contribution in [0.1, 0.15) is 44.4 Å². The molecule has 0 N–H and O–H groups in total. The summed E-state index contributed by atoms with van der Waals surface area (Å²) in [6.45, 7) is 7.25. The molecule has 0 spiro atoms. The van der Waals surface area contributed by atoms with Gasteiger partial charge in [0.2, 0.25) is 18.1 Å². The van der Waals surface area contributed by atoms with Crippen LogP contribution in [0.3, 0.4) is 0 Å². The third-order valence-corrected chi connectivity index (χ3v) is 7.77. The lowest BCUT2D eigenvalue weighted by atomic mass is 10.1. The van der Waals surface area contributed by atoms with E-state index in [1.807, 2.05) is 47.5 Å². The van der Waals surface area contributed by atoms with Crippen LogP contribution in [0.15, 0.2) is 89.4 Å². The van der Waals surface area contributed by atoms with Crippen molar-refractivity contribution in [3.8, 4) is 0 Å². The Balaban J connectivity index is 1.33. The number of amides is 1. The van der Waals surface area contributed by atoms with Gasteiger partial charge in [-0.05, 0) is 44.0 Å². The van der Waals surface area contributed by atoms with E-state index in [4.69, 9.17) is 4.74 Å². The molecule has 0 aliphatic carbocycles. The molecule has 1 aromatic heterocycles. The molecule has 3 aliphatic heterocycles. The minimum atomic E-state index is -0.365. The Morgan fingerprint density at radius 2 is 1.80 bits per heavy atom. The Morgan fingerprint density at radius 1 is 1.02 bits per heavy atom. The number of hydrogen-bond donors (Lipinski definition) is 0. The normalized spacial score (nSPS) is 18.3. The maximum Gasteiger partial charge on any atom is 0.288 e. The molecule has 8 heteroatoms. The van der Waals surface area contributed by atoms with E-state index in [2.05, 4.69) is 45.5 Å². The van der Waals surface area contributed by atoms with Gasteiger partial charge < -0.3 is 14.5 Å². The summed E-state index contributed by atoms with van der Waals surface area (Å²) < 4.78 is 21.1. The molecule has 1 fully saturated rings. The first-order valence-corrected chi connectivity index (χ1v) is 14.1. The summed E-state index contributed by atoms with van der Waals surface area (Å²) in [6.07, 6.45) is 11.8. The lowest BCUT2D eigenvalue weighted by Crippen LogP contribution is -2.50. The Bertz CT molecular complexity index is 1460. The highest BCUT2D eigenvalue weighted by atomic mass is 19.1. The number of aromatic nitrogens is 1. The number of rotatable bonds is 5. The van der Waals surface area contributed by atoms with E-state index in [1.165, 1.54) is 23.5 Å². The maximum absolute atomic E-state index is 13.7. The van der Waals surface area contributed by atoms with Gasteiger partial charge in [-0.25, -0.2) is 9.38 Å². The van der Waals surface area contributed by atoms with Gasteiger partial charge in [-0.2, -0.15) is 4.58 Å². The van der Waals surface area contributed by atoms with Gasteiger partial charge >= 0.3 is 0 Å². The van der Waals surface area contributed by atoms with Gasteiger partial charge in [0.25, 0.3) is 5.91 Å². The molecule has 0 bridgehead atoms. The van der Waals surface area contributed by atoms with Crippen molar-refractivity contribution < 1.29 is 18.5 Å². The molecule has 2 aromatic rings. The average Bonchev–Trinajstić information content (AvgIpc) is 3.15. The quantitative estimate of drug-likeness (QED) is 0.471. The van der Waals surface area contributed by atoms with Crippen LogP contribution >= 0.6 is 0 Å². The molecular formula is C33H37FN5O2+. The fourth-order valence-corrected chi connectivity index (χ4v) is 5.31. The first kappa shape index (κ1) is 28.2. The Kier molecular flexibility index (Phi) is 8.87. The molecular weight excluding hydrogens is 517 g/mol. The van der Waals surface area contributed by atoms with Crippen molar-refractivity contribution in [2.45, 2.75) is 33.1 Å². The molecule has 0 saturated carbocycles. The van der Waals surface area contributed by atoms with Gasteiger partial charge in [0, 0.05) is 74.7 Å². The summed E-state index contributed by atoms with van der Waals surface area (Å²) in [5.41, 5.74) is 7.03. The summed E-state index contributed by atoms with van der Waals surface area (Å²) in [6, 6.07) is 13.2. The highest BCUT2D eigenvalue weighted by Gasteiger charge is 2.30. The highest BCUT2D eigenvalue weighted by molar-refractivity contribution is 5.91. The smallest absolute Gasteiger partial charge is 0.288 e. The van der Waals surface area contributed by atoms with E-state index >= 15 is 0 Å². The Labute approximate surface area is 241 Å². The van der Waals surface area contributed by atoms with E-state index in [1.54, 1.807) is 13.2 Å². The van der Waals surface area contributed by atoms with Crippen LogP contribution in [0.5, 0.6) is 0 Å². The van der Waals surface area contributed by atoms with Crippen molar-refractivity contribution in [3.05, 3.63) is 101 Å². The van der Waals surface area contributed by atoms with Crippen LogP contribution in [0.4, 0.5) is 4.39 Å². The van der Waals surface area contributed by atoms with Gasteiger partial charge in [-0.3, -0.25) is 9.78 Å². The van der Waals surface area contributed by atoms with Crippen molar-refractivity contribution in [2.24, 2.45) is 4.99 Å². The van der Waals surface area contributed by atoms with Crippen molar-refractivity contribution in [1.82, 2.24) is 14.8 Å². The Hall–Kier alpha value is -4.33. The maximum atomic E-state index is 13.7. The number of carbonyl (C=O) groups is 1. The Morgan fingerprint density at radius 3 is 2.51 bits per heavy atom. The molecule has 1 aromatic carbocycles. The zero-order chi connectivity index (χ0) is 28.8. The number of aliphatic imine (C=N–C) groups is 1. The number of ether oxygens (including phenoxy) is 1. The largest absolute Gasteiger partial charge is 0.481 e. The number of carbonyl (C=O) groups excluding carboxylic acids is 1.